The summed E-state index contributed by atoms with van der Waals surface area (Å²) >= 11 is 0. The van der Waals surface area contributed by atoms with Crippen LogP contribution in [0.15, 0.2) is 187 Å². The number of hydrogen-bond donors (Lipinski definition) is 0. The Morgan fingerprint density at radius 1 is 0.333 bits per heavy atom. The van der Waals surface area contributed by atoms with Gasteiger partial charge in [-0.1, -0.05) is 158 Å². The van der Waals surface area contributed by atoms with Crippen molar-refractivity contribution in [1.29, 1.82) is 0 Å². The summed E-state index contributed by atoms with van der Waals surface area (Å²) in [6.45, 7) is 0. The summed E-state index contributed by atoms with van der Waals surface area (Å²) in [5.41, 5.74) is 16.1. The molecule has 11 rings (SSSR count). The highest BCUT2D eigenvalue weighted by atomic mass is 14.8. The molecule has 236 valence electrons. The third kappa shape index (κ3) is 4.25. The van der Waals surface area contributed by atoms with E-state index in [4.69, 9.17) is 4.99 Å². The Morgan fingerprint density at radius 3 is 1.61 bits per heavy atom. The van der Waals surface area contributed by atoms with E-state index < -0.39 is 0 Å². The molecule has 1 heterocycles. The fraction of sp³-hybridized carbons (Fsp3) is 0.0200. The van der Waals surface area contributed by atoms with Gasteiger partial charge in [0.05, 0.1) is 17.3 Å². The van der Waals surface area contributed by atoms with Crippen molar-refractivity contribution >= 4 is 43.7 Å². The van der Waals surface area contributed by atoms with E-state index in [0.29, 0.717) is 0 Å². The molecular weight excluding hydrogens is 615 g/mol. The molecule has 0 spiro atoms. The van der Waals surface area contributed by atoms with Gasteiger partial charge in [0, 0.05) is 5.56 Å². The molecule has 1 heteroatoms. The van der Waals surface area contributed by atoms with Crippen LogP contribution in [0, 0.1) is 0 Å². The van der Waals surface area contributed by atoms with Crippen molar-refractivity contribution in [3.63, 3.8) is 0 Å². The van der Waals surface area contributed by atoms with E-state index in [1.165, 1.54) is 93.5 Å². The lowest BCUT2D eigenvalue weighted by atomic mass is 9.75. The average Bonchev–Trinajstić information content (AvgIpc) is 3.60. The topological polar surface area (TPSA) is 12.4 Å². The molecule has 1 aliphatic heterocycles. The number of benzene rings is 9. The first-order valence-corrected chi connectivity index (χ1v) is 17.7. The number of aliphatic imine (C=N–C) groups is 1. The first-order valence-electron chi connectivity index (χ1n) is 17.7. The molecule has 2 aliphatic rings. The predicted octanol–water partition coefficient (Wildman–Crippen LogP) is 13.4. The summed E-state index contributed by atoms with van der Waals surface area (Å²) in [4.78, 5) is 5.23. The van der Waals surface area contributed by atoms with Crippen LogP contribution < -0.4 is 0 Å². The zero-order valence-electron chi connectivity index (χ0n) is 27.8. The second-order valence-electron chi connectivity index (χ2n) is 13.8. The van der Waals surface area contributed by atoms with Gasteiger partial charge in [0.1, 0.15) is 0 Å². The van der Waals surface area contributed by atoms with Crippen molar-refractivity contribution in [3.05, 3.63) is 199 Å². The van der Waals surface area contributed by atoms with Crippen LogP contribution in [0.5, 0.6) is 0 Å². The Labute approximate surface area is 296 Å². The maximum atomic E-state index is 5.23. The Balaban J connectivity index is 1.09. The fourth-order valence-electron chi connectivity index (χ4n) is 8.80. The van der Waals surface area contributed by atoms with Crippen molar-refractivity contribution in [2.24, 2.45) is 4.99 Å². The number of fused-ring (bicyclic) bond motifs is 11. The number of hydrogen-bond acceptors (Lipinski definition) is 1. The summed E-state index contributed by atoms with van der Waals surface area (Å²) in [6, 6.07) is 66.9. The first kappa shape index (κ1) is 28.3. The minimum Gasteiger partial charge on any atom is -0.251 e. The molecule has 0 N–H and O–H groups in total. The van der Waals surface area contributed by atoms with Crippen LogP contribution in [0.2, 0.25) is 0 Å². The third-order valence-corrected chi connectivity index (χ3v) is 11.1. The smallest absolute Gasteiger partial charge is 0.0675 e. The second kappa shape index (κ2) is 11.0. The van der Waals surface area contributed by atoms with Crippen LogP contribution in [0.25, 0.3) is 76.8 Å². The molecule has 0 bridgehead atoms. The second-order valence-corrected chi connectivity index (χ2v) is 13.8. The first-order chi connectivity index (χ1) is 25.3. The molecule has 1 aliphatic carbocycles. The molecule has 0 amide bonds. The van der Waals surface area contributed by atoms with Crippen molar-refractivity contribution in [1.82, 2.24) is 0 Å². The maximum absolute atomic E-state index is 5.23. The van der Waals surface area contributed by atoms with Crippen molar-refractivity contribution in [3.8, 4) is 44.5 Å². The fourth-order valence-corrected chi connectivity index (χ4v) is 8.80. The highest BCUT2D eigenvalue weighted by Crippen LogP contribution is 2.50. The third-order valence-electron chi connectivity index (χ3n) is 11.1. The van der Waals surface area contributed by atoms with Crippen LogP contribution in [-0.4, -0.2) is 5.71 Å². The molecule has 9 aromatic carbocycles. The van der Waals surface area contributed by atoms with Gasteiger partial charge in [0.25, 0.3) is 0 Å². The van der Waals surface area contributed by atoms with Gasteiger partial charge in [-0.15, -0.1) is 0 Å². The quantitative estimate of drug-likeness (QED) is 0.170. The lowest BCUT2D eigenvalue weighted by Gasteiger charge is -2.27. The summed E-state index contributed by atoms with van der Waals surface area (Å²) in [5, 5.41) is 7.60. The van der Waals surface area contributed by atoms with Gasteiger partial charge in [0.15, 0.2) is 0 Å². The maximum Gasteiger partial charge on any atom is 0.0675 e. The summed E-state index contributed by atoms with van der Waals surface area (Å²) < 4.78 is 0. The Morgan fingerprint density at radius 2 is 0.882 bits per heavy atom. The van der Waals surface area contributed by atoms with Gasteiger partial charge in [-0.2, -0.15) is 0 Å². The van der Waals surface area contributed by atoms with E-state index >= 15 is 0 Å². The van der Waals surface area contributed by atoms with E-state index in [9.17, 15) is 0 Å². The molecule has 0 saturated heterocycles. The molecular formula is C50H31N. The van der Waals surface area contributed by atoms with Crippen molar-refractivity contribution < 1.29 is 0 Å². The predicted molar refractivity (Wildman–Crippen MR) is 215 cm³/mol. The van der Waals surface area contributed by atoms with Gasteiger partial charge in [-0.3, -0.25) is 4.99 Å². The zero-order chi connectivity index (χ0) is 33.5. The van der Waals surface area contributed by atoms with E-state index in [1.807, 2.05) is 0 Å². The van der Waals surface area contributed by atoms with Crippen LogP contribution in [0.3, 0.4) is 0 Å². The summed E-state index contributed by atoms with van der Waals surface area (Å²) in [7, 11) is 0. The van der Waals surface area contributed by atoms with Crippen LogP contribution in [0.4, 0.5) is 5.69 Å². The molecule has 1 nitrogen and oxygen atoms in total. The van der Waals surface area contributed by atoms with Gasteiger partial charge < -0.3 is 0 Å². The molecule has 0 aromatic heterocycles. The highest BCUT2D eigenvalue weighted by molar-refractivity contribution is 6.22. The molecule has 1 unspecified atom stereocenters. The molecule has 0 saturated carbocycles. The lowest BCUT2D eigenvalue weighted by molar-refractivity contribution is 1.10. The van der Waals surface area contributed by atoms with Gasteiger partial charge in [-0.05, 0) is 112 Å². The van der Waals surface area contributed by atoms with Gasteiger partial charge in [0.2, 0.25) is 0 Å². The highest BCUT2D eigenvalue weighted by Gasteiger charge is 2.36. The van der Waals surface area contributed by atoms with Crippen molar-refractivity contribution in [2.45, 2.75) is 5.92 Å². The van der Waals surface area contributed by atoms with E-state index in [2.05, 4.69) is 182 Å². The molecule has 0 radical (unpaired) electrons. The Kier molecular flexibility index (Phi) is 6.08. The standard InChI is InChI=1S/C50H31N/c1-2-12-32(13-3-1)47-37-16-6-4-14-35(37)30-44-43(47)29-36-15-5-7-17-38(36)48(44)33-24-22-31(23-25-33)34-26-27-40-39-18-8-9-19-41(39)49-42-20-10-11-21-46(42)51-50(49)45(40)28-34/h1-30,49H. The van der Waals surface area contributed by atoms with Gasteiger partial charge >= 0.3 is 0 Å². The normalized spacial score (nSPS) is 14.2. The Bertz CT molecular complexity index is 2900. The SMILES string of the molecule is c1ccc(-c2c3ccccc3cc3c(-c4ccc(-c5ccc6c(c5)C5=Nc7ccccc7C5c5ccccc5-6)cc4)c4ccccc4cc23)cc1. The summed E-state index contributed by atoms with van der Waals surface area (Å²) in [5.74, 6) is 0.166. The van der Waals surface area contributed by atoms with Crippen molar-refractivity contribution in [2.75, 3.05) is 0 Å². The molecule has 0 fully saturated rings. The minimum absolute atomic E-state index is 0.166. The van der Waals surface area contributed by atoms with Gasteiger partial charge in [-0.25, -0.2) is 0 Å². The van der Waals surface area contributed by atoms with Crippen LogP contribution >= 0.6 is 0 Å². The minimum atomic E-state index is 0.166. The van der Waals surface area contributed by atoms with E-state index in [0.717, 1.165) is 11.4 Å². The van der Waals surface area contributed by atoms with E-state index in [-0.39, 0.29) is 5.92 Å². The average molecular weight is 646 g/mol. The number of para-hydroxylation sites is 1. The molecule has 51 heavy (non-hydrogen) atoms. The largest absolute Gasteiger partial charge is 0.251 e. The number of nitrogens with zero attached hydrogens (tertiary/aromatic N) is 1. The molecule has 1 atom stereocenters. The Hall–Kier alpha value is -6.57. The van der Waals surface area contributed by atoms with Crippen LogP contribution in [0.1, 0.15) is 22.6 Å². The summed E-state index contributed by atoms with van der Waals surface area (Å²) in [6.07, 6.45) is 0. The lowest BCUT2D eigenvalue weighted by Crippen LogP contribution is -2.18. The van der Waals surface area contributed by atoms with Crippen LogP contribution in [-0.2, 0) is 0 Å². The zero-order valence-corrected chi connectivity index (χ0v) is 27.8. The number of rotatable bonds is 3. The molecule has 9 aromatic rings. The monoisotopic (exact) mass is 645 g/mol. The van der Waals surface area contributed by atoms with E-state index in [1.54, 1.807) is 0 Å².